The van der Waals surface area contributed by atoms with E-state index >= 15 is 0 Å². The molecule has 2 saturated carbocycles. The van der Waals surface area contributed by atoms with Gasteiger partial charge in [-0.1, -0.05) is 12.5 Å². The Morgan fingerprint density at radius 1 is 1.18 bits per heavy atom. The molecular weight excluding hydrogens is 371 g/mol. The molecular formula is C21H34F3NO3. The van der Waals surface area contributed by atoms with Gasteiger partial charge in [0.15, 0.2) is 12.4 Å². The second kappa shape index (κ2) is 7.56. The van der Waals surface area contributed by atoms with Crippen molar-refractivity contribution in [3.8, 4) is 0 Å². The van der Waals surface area contributed by atoms with E-state index in [9.17, 15) is 23.4 Å². The van der Waals surface area contributed by atoms with E-state index in [0.717, 1.165) is 19.3 Å². The van der Waals surface area contributed by atoms with Crippen LogP contribution in [0.3, 0.4) is 0 Å². The predicted molar refractivity (Wildman–Crippen MR) is 101 cm³/mol. The molecule has 1 spiro atoms. The number of aliphatic hydroxyl groups excluding tert-OH is 2. The minimum atomic E-state index is -4.63. The maximum absolute atomic E-state index is 13.2. The van der Waals surface area contributed by atoms with E-state index in [4.69, 9.17) is 4.74 Å². The van der Waals surface area contributed by atoms with Crippen LogP contribution in [0.5, 0.6) is 0 Å². The Bertz CT molecular complexity index is 595. The molecule has 0 aromatic rings. The van der Waals surface area contributed by atoms with Crippen molar-refractivity contribution < 1.29 is 28.1 Å². The van der Waals surface area contributed by atoms with Crippen LogP contribution in [0, 0.1) is 11.3 Å². The lowest BCUT2D eigenvalue weighted by atomic mass is 9.89. The monoisotopic (exact) mass is 405 g/mol. The fraction of sp³-hybridized carbons (Fsp3) is 0.905. The van der Waals surface area contributed by atoms with Crippen molar-refractivity contribution in [2.24, 2.45) is 11.3 Å². The molecule has 0 amide bonds. The standard InChI is InChI=1S/C21H34F3NO3/c1-13-8-9-15(17(26)21(22,23)24)20(10-11-20)12-25(13)16-7-5-6-14(16)18(27)28-19(2,3)4/h9,13-14,16-18,26-27H,5-8,10-12H2,1-4H3/t13-,14?,16?,17?,18?/m0/s1. The van der Waals surface area contributed by atoms with Crippen LogP contribution in [-0.2, 0) is 4.74 Å². The molecule has 3 rings (SSSR count). The van der Waals surface area contributed by atoms with Gasteiger partial charge in [0, 0.05) is 30.0 Å². The quantitative estimate of drug-likeness (QED) is 0.548. The molecule has 2 aliphatic carbocycles. The Morgan fingerprint density at radius 2 is 1.82 bits per heavy atom. The Balaban J connectivity index is 1.79. The number of halogens is 3. The van der Waals surface area contributed by atoms with Crippen LogP contribution >= 0.6 is 0 Å². The molecule has 2 fully saturated rings. The minimum Gasteiger partial charge on any atom is -0.379 e. The van der Waals surface area contributed by atoms with Gasteiger partial charge >= 0.3 is 6.18 Å². The summed E-state index contributed by atoms with van der Waals surface area (Å²) in [6.07, 6.45) is -1.71. The maximum Gasteiger partial charge on any atom is 0.418 e. The van der Waals surface area contributed by atoms with Crippen molar-refractivity contribution >= 4 is 0 Å². The SMILES string of the molecule is C[C@H]1CC=C(C(O)C(F)(F)F)C2(CC2)CN1C1CCCC1C(O)OC(C)(C)C. The van der Waals surface area contributed by atoms with Gasteiger partial charge in [0.05, 0.1) is 5.60 Å². The highest BCUT2D eigenvalue weighted by Gasteiger charge is 2.56. The van der Waals surface area contributed by atoms with E-state index in [1.54, 1.807) is 6.08 Å². The highest BCUT2D eigenvalue weighted by atomic mass is 19.4. The van der Waals surface area contributed by atoms with Crippen molar-refractivity contribution in [2.75, 3.05) is 6.54 Å². The van der Waals surface area contributed by atoms with Gasteiger partial charge in [-0.2, -0.15) is 13.2 Å². The number of ether oxygens (including phenoxy) is 1. The van der Waals surface area contributed by atoms with Gasteiger partial charge in [0.1, 0.15) is 0 Å². The summed E-state index contributed by atoms with van der Waals surface area (Å²) < 4.78 is 45.4. The molecule has 4 nitrogen and oxygen atoms in total. The summed E-state index contributed by atoms with van der Waals surface area (Å²) in [4.78, 5) is 2.28. The van der Waals surface area contributed by atoms with Gasteiger partial charge < -0.3 is 14.9 Å². The molecule has 162 valence electrons. The molecule has 2 N–H and O–H groups in total. The Hall–Kier alpha value is -0.630. The highest BCUT2D eigenvalue weighted by Crippen LogP contribution is 2.57. The normalized spacial score (nSPS) is 33.5. The number of nitrogens with zero attached hydrogens (tertiary/aromatic N) is 1. The Labute approximate surface area is 165 Å². The summed E-state index contributed by atoms with van der Waals surface area (Å²) in [6, 6.07) is 0.142. The predicted octanol–water partition coefficient (Wildman–Crippen LogP) is 4.01. The maximum atomic E-state index is 13.2. The first-order valence-electron chi connectivity index (χ1n) is 10.4. The third kappa shape index (κ3) is 4.58. The van der Waals surface area contributed by atoms with E-state index in [1.807, 2.05) is 27.7 Å². The second-order valence-electron chi connectivity index (χ2n) is 9.92. The second-order valence-corrected chi connectivity index (χ2v) is 9.92. The van der Waals surface area contributed by atoms with Crippen LogP contribution in [0.2, 0.25) is 0 Å². The van der Waals surface area contributed by atoms with Gasteiger partial charge in [0.25, 0.3) is 0 Å². The lowest BCUT2D eigenvalue weighted by Crippen LogP contribution is -2.50. The van der Waals surface area contributed by atoms with Crippen molar-refractivity contribution in [1.82, 2.24) is 4.90 Å². The first-order valence-corrected chi connectivity index (χ1v) is 10.4. The molecule has 28 heavy (non-hydrogen) atoms. The fourth-order valence-electron chi connectivity index (χ4n) is 5.03. The van der Waals surface area contributed by atoms with Crippen LogP contribution in [0.4, 0.5) is 13.2 Å². The first-order chi connectivity index (χ1) is 12.8. The van der Waals surface area contributed by atoms with Gasteiger partial charge in [-0.15, -0.1) is 0 Å². The van der Waals surface area contributed by atoms with Gasteiger partial charge in [-0.25, -0.2) is 0 Å². The van der Waals surface area contributed by atoms with Gasteiger partial charge in [-0.05, 0) is 65.4 Å². The summed E-state index contributed by atoms with van der Waals surface area (Å²) in [5.74, 6) is -0.0495. The van der Waals surface area contributed by atoms with Crippen LogP contribution in [0.1, 0.15) is 66.2 Å². The average molecular weight is 406 g/mol. The third-order valence-electron chi connectivity index (χ3n) is 6.60. The van der Waals surface area contributed by atoms with E-state index < -0.39 is 29.6 Å². The van der Waals surface area contributed by atoms with Crippen molar-refractivity contribution in [3.63, 3.8) is 0 Å². The summed E-state index contributed by atoms with van der Waals surface area (Å²) in [5.41, 5.74) is -0.890. The third-order valence-corrected chi connectivity index (χ3v) is 6.60. The number of rotatable bonds is 4. The average Bonchev–Trinajstić information content (AvgIpc) is 3.19. The number of alkyl halides is 3. The Morgan fingerprint density at radius 3 is 2.36 bits per heavy atom. The zero-order valence-corrected chi connectivity index (χ0v) is 17.3. The summed E-state index contributed by atoms with van der Waals surface area (Å²) >= 11 is 0. The Kier molecular flexibility index (Phi) is 5.96. The van der Waals surface area contributed by atoms with E-state index in [2.05, 4.69) is 4.90 Å². The highest BCUT2D eigenvalue weighted by molar-refractivity contribution is 5.29. The lowest BCUT2D eigenvalue weighted by Gasteiger charge is -2.41. The molecule has 5 atom stereocenters. The molecule has 0 aromatic heterocycles. The number of hydrogen-bond donors (Lipinski definition) is 2. The van der Waals surface area contributed by atoms with E-state index in [1.165, 1.54) is 0 Å². The topological polar surface area (TPSA) is 52.9 Å². The van der Waals surface area contributed by atoms with Crippen molar-refractivity contribution in [2.45, 2.75) is 102 Å². The molecule has 0 aromatic carbocycles. The largest absolute Gasteiger partial charge is 0.418 e. The molecule has 7 heteroatoms. The molecule has 0 radical (unpaired) electrons. The molecule has 0 bridgehead atoms. The van der Waals surface area contributed by atoms with E-state index in [-0.39, 0.29) is 23.6 Å². The molecule has 0 saturated heterocycles. The van der Waals surface area contributed by atoms with Crippen LogP contribution < -0.4 is 0 Å². The lowest BCUT2D eigenvalue weighted by molar-refractivity contribution is -0.200. The summed E-state index contributed by atoms with van der Waals surface area (Å²) in [5, 5.41) is 20.6. The fourth-order valence-corrected chi connectivity index (χ4v) is 5.03. The zero-order chi connectivity index (χ0) is 20.9. The van der Waals surface area contributed by atoms with Gasteiger partial charge in [0.2, 0.25) is 0 Å². The summed E-state index contributed by atoms with van der Waals surface area (Å²) in [7, 11) is 0. The number of hydrogen-bond acceptors (Lipinski definition) is 4. The molecule has 1 aliphatic heterocycles. The van der Waals surface area contributed by atoms with Gasteiger partial charge in [-0.3, -0.25) is 4.90 Å². The van der Waals surface area contributed by atoms with E-state index in [0.29, 0.717) is 25.8 Å². The van der Waals surface area contributed by atoms with Crippen molar-refractivity contribution in [1.29, 1.82) is 0 Å². The smallest absolute Gasteiger partial charge is 0.379 e. The van der Waals surface area contributed by atoms with Crippen molar-refractivity contribution in [3.05, 3.63) is 11.6 Å². The summed E-state index contributed by atoms with van der Waals surface area (Å²) in [6.45, 7) is 8.26. The molecule has 1 heterocycles. The molecule has 4 unspecified atom stereocenters. The minimum absolute atomic E-state index is 0.0495. The molecule has 3 aliphatic rings. The first kappa shape index (κ1) is 22.1. The zero-order valence-electron chi connectivity index (χ0n) is 17.3. The van der Waals surface area contributed by atoms with Crippen LogP contribution in [0.25, 0.3) is 0 Å². The van der Waals surface area contributed by atoms with Crippen LogP contribution in [-0.4, -0.2) is 57.9 Å². The number of aliphatic hydroxyl groups is 2. The van der Waals surface area contributed by atoms with Crippen LogP contribution in [0.15, 0.2) is 11.6 Å².